The molecule has 186 valence electrons. The highest BCUT2D eigenvalue weighted by Crippen LogP contribution is 2.44. The number of ketones is 2. The first-order valence-corrected chi connectivity index (χ1v) is 11.4. The van der Waals surface area contributed by atoms with Crippen molar-refractivity contribution in [1.82, 2.24) is 0 Å². The zero-order chi connectivity index (χ0) is 26.2. The fourth-order valence-electron chi connectivity index (χ4n) is 4.21. The van der Waals surface area contributed by atoms with Gasteiger partial charge in [-0.15, -0.1) is 0 Å². The Bertz CT molecular complexity index is 1340. The van der Waals surface area contributed by atoms with Crippen LogP contribution in [0.2, 0.25) is 0 Å². The van der Waals surface area contributed by atoms with Crippen LogP contribution in [0.5, 0.6) is 11.5 Å². The second-order valence-corrected chi connectivity index (χ2v) is 8.91. The molecule has 0 radical (unpaired) electrons. The van der Waals surface area contributed by atoms with E-state index < -0.39 is 41.2 Å². The van der Waals surface area contributed by atoms with Gasteiger partial charge in [-0.3, -0.25) is 19.3 Å². The summed E-state index contributed by atoms with van der Waals surface area (Å²) in [6.45, 7) is 0. The lowest BCUT2D eigenvalue weighted by molar-refractivity contribution is -0.137. The Labute approximate surface area is 212 Å². The molecule has 6 nitrogen and oxygen atoms in total. The molecule has 36 heavy (non-hydrogen) atoms. The molecule has 1 saturated heterocycles. The number of carbonyl (C=O) groups is 3. The lowest BCUT2D eigenvalue weighted by Crippen LogP contribution is -2.31. The van der Waals surface area contributed by atoms with Crippen molar-refractivity contribution in [2.45, 2.75) is 12.2 Å². The second-order valence-electron chi connectivity index (χ2n) is 8.00. The molecule has 0 aliphatic carbocycles. The molecule has 0 bridgehead atoms. The Kier molecular flexibility index (Phi) is 6.90. The Hall–Kier alpha value is -3.66. The molecular weight excluding hydrogens is 543 g/mol. The number of ether oxygens (including phenoxy) is 2. The van der Waals surface area contributed by atoms with Crippen LogP contribution in [0.25, 0.3) is 0 Å². The number of anilines is 1. The molecule has 10 heteroatoms. The number of Topliss-reactive ketones (excluding diaryl/α,β-unsaturated/α-hetero) is 2. The standard InChI is InChI=1S/C26H19BrF3NO5/c1-35-19-11-8-15(12-20(19)36-2)22-21(23(32)14-6-9-17(27)10-7-14)24(33)25(34)31(22)18-5-3-4-16(13-18)26(28,29)30/h3-13,21-22H,1-2H3. The molecule has 3 aromatic rings. The minimum atomic E-state index is -4.67. The van der Waals surface area contributed by atoms with Crippen molar-refractivity contribution in [3.05, 3.63) is 87.9 Å². The zero-order valence-electron chi connectivity index (χ0n) is 19.0. The lowest BCUT2D eigenvalue weighted by atomic mass is 9.86. The number of nitrogens with zero attached hydrogens (tertiary/aromatic N) is 1. The zero-order valence-corrected chi connectivity index (χ0v) is 20.6. The maximum absolute atomic E-state index is 13.5. The van der Waals surface area contributed by atoms with Gasteiger partial charge in [-0.2, -0.15) is 13.2 Å². The predicted octanol–water partition coefficient (Wildman–Crippen LogP) is 5.64. The van der Waals surface area contributed by atoms with E-state index in [1.807, 2.05) is 0 Å². The summed E-state index contributed by atoms with van der Waals surface area (Å²) >= 11 is 3.28. The maximum Gasteiger partial charge on any atom is 0.416 e. The first-order valence-electron chi connectivity index (χ1n) is 10.6. The van der Waals surface area contributed by atoms with E-state index in [9.17, 15) is 27.6 Å². The van der Waals surface area contributed by atoms with Gasteiger partial charge in [-0.05, 0) is 48.0 Å². The van der Waals surface area contributed by atoms with Crippen molar-refractivity contribution in [1.29, 1.82) is 0 Å². The van der Waals surface area contributed by atoms with Gasteiger partial charge in [0.15, 0.2) is 17.3 Å². The Morgan fingerprint density at radius 2 is 1.58 bits per heavy atom. The SMILES string of the molecule is COc1ccc(C2C(C(=O)c3ccc(Br)cc3)C(=O)C(=O)N2c2cccc(C(F)(F)F)c2)cc1OC. The Morgan fingerprint density at radius 1 is 0.917 bits per heavy atom. The first kappa shape index (κ1) is 25.4. The molecule has 0 aromatic heterocycles. The summed E-state index contributed by atoms with van der Waals surface area (Å²) in [5, 5.41) is 0. The van der Waals surface area contributed by atoms with E-state index in [4.69, 9.17) is 9.47 Å². The number of methoxy groups -OCH3 is 2. The molecule has 1 aliphatic heterocycles. The van der Waals surface area contributed by atoms with Crippen molar-refractivity contribution in [3.8, 4) is 11.5 Å². The number of rotatable bonds is 6. The number of halogens is 4. The highest BCUT2D eigenvalue weighted by Gasteiger charge is 2.52. The fraction of sp³-hybridized carbons (Fsp3) is 0.192. The van der Waals surface area contributed by atoms with Crippen LogP contribution in [-0.4, -0.2) is 31.7 Å². The number of benzene rings is 3. The molecule has 3 aromatic carbocycles. The fourth-order valence-corrected chi connectivity index (χ4v) is 4.48. The number of hydrogen-bond donors (Lipinski definition) is 0. The van der Waals surface area contributed by atoms with Crippen LogP contribution in [0.15, 0.2) is 71.2 Å². The van der Waals surface area contributed by atoms with E-state index in [0.29, 0.717) is 15.8 Å². The molecular formula is C26H19BrF3NO5. The van der Waals surface area contributed by atoms with Crippen LogP contribution in [0, 0.1) is 5.92 Å². The van der Waals surface area contributed by atoms with Crippen LogP contribution in [-0.2, 0) is 15.8 Å². The number of amides is 1. The summed E-state index contributed by atoms with van der Waals surface area (Å²) in [6, 6.07) is 13.7. The van der Waals surface area contributed by atoms with Crippen LogP contribution < -0.4 is 14.4 Å². The van der Waals surface area contributed by atoms with Gasteiger partial charge < -0.3 is 9.47 Å². The highest BCUT2D eigenvalue weighted by atomic mass is 79.9. The van der Waals surface area contributed by atoms with Gasteiger partial charge in [0, 0.05) is 15.7 Å². The summed E-state index contributed by atoms with van der Waals surface area (Å²) in [5.74, 6) is -3.59. The van der Waals surface area contributed by atoms with E-state index >= 15 is 0 Å². The largest absolute Gasteiger partial charge is 0.493 e. The van der Waals surface area contributed by atoms with E-state index in [1.165, 1.54) is 44.6 Å². The quantitative estimate of drug-likeness (QED) is 0.221. The highest BCUT2D eigenvalue weighted by molar-refractivity contribution is 9.10. The van der Waals surface area contributed by atoms with Gasteiger partial charge in [0.05, 0.1) is 25.8 Å². The van der Waals surface area contributed by atoms with Crippen LogP contribution in [0.3, 0.4) is 0 Å². The molecule has 2 atom stereocenters. The molecule has 1 heterocycles. The van der Waals surface area contributed by atoms with Gasteiger partial charge in [-0.1, -0.05) is 40.2 Å². The maximum atomic E-state index is 13.5. The molecule has 1 amide bonds. The third-order valence-electron chi connectivity index (χ3n) is 5.92. The van der Waals surface area contributed by atoms with Crippen molar-refractivity contribution < 1.29 is 37.0 Å². The van der Waals surface area contributed by atoms with Gasteiger partial charge in [0.25, 0.3) is 5.91 Å². The van der Waals surface area contributed by atoms with Crippen molar-refractivity contribution in [2.75, 3.05) is 19.1 Å². The summed E-state index contributed by atoms with van der Waals surface area (Å²) in [7, 11) is 2.82. The van der Waals surface area contributed by atoms with Crippen LogP contribution >= 0.6 is 15.9 Å². The van der Waals surface area contributed by atoms with E-state index in [1.54, 1.807) is 18.2 Å². The average molecular weight is 562 g/mol. The number of alkyl halides is 3. The van der Waals surface area contributed by atoms with Crippen molar-refractivity contribution in [3.63, 3.8) is 0 Å². The Balaban J connectivity index is 1.90. The van der Waals surface area contributed by atoms with E-state index in [2.05, 4.69) is 15.9 Å². The van der Waals surface area contributed by atoms with Crippen LogP contribution in [0.1, 0.15) is 27.5 Å². The minimum Gasteiger partial charge on any atom is -0.493 e. The van der Waals surface area contributed by atoms with Gasteiger partial charge >= 0.3 is 6.18 Å². The molecule has 1 fully saturated rings. The molecule has 0 spiro atoms. The van der Waals surface area contributed by atoms with E-state index in [0.717, 1.165) is 23.1 Å². The number of carbonyl (C=O) groups excluding carboxylic acids is 3. The lowest BCUT2D eigenvalue weighted by Gasteiger charge is -2.28. The minimum absolute atomic E-state index is 0.158. The third-order valence-corrected chi connectivity index (χ3v) is 6.45. The predicted molar refractivity (Wildman–Crippen MR) is 128 cm³/mol. The van der Waals surface area contributed by atoms with Gasteiger partial charge in [-0.25, -0.2) is 0 Å². The summed E-state index contributed by atoms with van der Waals surface area (Å²) in [6.07, 6.45) is -4.67. The third kappa shape index (κ3) is 4.60. The topological polar surface area (TPSA) is 72.9 Å². The van der Waals surface area contributed by atoms with E-state index in [-0.39, 0.29) is 17.0 Å². The van der Waals surface area contributed by atoms with Crippen molar-refractivity contribution in [2.24, 2.45) is 5.92 Å². The number of hydrogen-bond acceptors (Lipinski definition) is 5. The molecule has 4 rings (SSSR count). The molecule has 0 N–H and O–H groups in total. The summed E-state index contributed by atoms with van der Waals surface area (Å²) in [4.78, 5) is 40.9. The Morgan fingerprint density at radius 3 is 2.19 bits per heavy atom. The monoisotopic (exact) mass is 561 g/mol. The normalized spacial score (nSPS) is 17.9. The molecule has 2 unspecified atom stereocenters. The smallest absolute Gasteiger partial charge is 0.416 e. The summed E-state index contributed by atoms with van der Waals surface area (Å²) < 4.78 is 51.6. The molecule has 1 aliphatic rings. The van der Waals surface area contributed by atoms with Crippen LogP contribution in [0.4, 0.5) is 18.9 Å². The first-order chi connectivity index (χ1) is 17.1. The summed E-state index contributed by atoms with van der Waals surface area (Å²) in [5.41, 5.74) is -0.650. The second kappa shape index (κ2) is 9.77. The molecule has 0 saturated carbocycles. The van der Waals surface area contributed by atoms with Gasteiger partial charge in [0.1, 0.15) is 5.92 Å². The van der Waals surface area contributed by atoms with Gasteiger partial charge in [0.2, 0.25) is 5.78 Å². The average Bonchev–Trinajstić information content (AvgIpc) is 3.13. The van der Waals surface area contributed by atoms with Crippen molar-refractivity contribution >= 4 is 39.1 Å².